The molecule has 0 aliphatic heterocycles. The van der Waals surface area contributed by atoms with Gasteiger partial charge in [-0.15, -0.1) is 0 Å². The van der Waals surface area contributed by atoms with Gasteiger partial charge in [0.15, 0.2) is 0 Å². The van der Waals surface area contributed by atoms with Crippen molar-refractivity contribution in [2.45, 2.75) is 0 Å². The largest absolute Gasteiger partial charge is 0.323 e. The Labute approximate surface area is 119 Å². The summed E-state index contributed by atoms with van der Waals surface area (Å²) in [5.41, 5.74) is 3.23. The van der Waals surface area contributed by atoms with Crippen LogP contribution in [0.25, 0.3) is 0 Å². The van der Waals surface area contributed by atoms with Gasteiger partial charge in [0, 0.05) is 11.2 Å². The van der Waals surface area contributed by atoms with Gasteiger partial charge in [0.1, 0.15) is 5.82 Å². The van der Waals surface area contributed by atoms with E-state index in [-0.39, 0.29) is 5.91 Å². The molecule has 98 valence electrons. The number of rotatable bonds is 3. The normalized spacial score (nSPS) is 10.1. The molecule has 0 bridgehead atoms. The molecule has 0 unspecified atom stereocenters. The zero-order valence-electron chi connectivity index (χ0n) is 9.65. The van der Waals surface area contributed by atoms with Crippen LogP contribution in [-0.4, -0.2) is 10.9 Å². The van der Waals surface area contributed by atoms with Crippen molar-refractivity contribution in [2.24, 2.45) is 5.84 Å². The Morgan fingerprint density at radius 2 is 1.89 bits per heavy atom. The van der Waals surface area contributed by atoms with Gasteiger partial charge < -0.3 is 10.7 Å². The Morgan fingerprint density at radius 1 is 1.16 bits per heavy atom. The number of anilines is 2. The van der Waals surface area contributed by atoms with Crippen molar-refractivity contribution >= 4 is 40.6 Å². The van der Waals surface area contributed by atoms with Crippen molar-refractivity contribution in [3.05, 3.63) is 52.1 Å². The number of nitrogens with two attached hydrogens (primary N) is 1. The van der Waals surface area contributed by atoms with E-state index in [1.807, 2.05) is 0 Å². The van der Waals surface area contributed by atoms with Crippen LogP contribution in [0, 0.1) is 0 Å². The molecule has 1 aromatic carbocycles. The van der Waals surface area contributed by atoms with E-state index in [2.05, 4.69) is 15.7 Å². The summed E-state index contributed by atoms with van der Waals surface area (Å²) >= 11 is 11.6. The third-order valence-electron chi connectivity index (χ3n) is 2.35. The molecule has 0 atom stereocenters. The lowest BCUT2D eigenvalue weighted by atomic mass is 10.1. The predicted molar refractivity (Wildman–Crippen MR) is 76.5 cm³/mol. The Morgan fingerprint density at radius 3 is 2.53 bits per heavy atom. The van der Waals surface area contributed by atoms with Crippen LogP contribution in [0.5, 0.6) is 0 Å². The fourth-order valence-electron chi connectivity index (χ4n) is 1.46. The van der Waals surface area contributed by atoms with Crippen molar-refractivity contribution in [2.75, 3.05) is 10.7 Å². The first kappa shape index (κ1) is 13.6. The maximum Gasteiger partial charge on any atom is 0.259 e. The summed E-state index contributed by atoms with van der Waals surface area (Å²) in [6.07, 6.45) is 1.44. The fraction of sp³-hybridized carbons (Fsp3) is 0. The molecular weight excluding hydrogens is 287 g/mol. The van der Waals surface area contributed by atoms with Gasteiger partial charge in [-0.2, -0.15) is 0 Å². The van der Waals surface area contributed by atoms with Crippen molar-refractivity contribution < 1.29 is 4.79 Å². The van der Waals surface area contributed by atoms with E-state index >= 15 is 0 Å². The molecule has 0 aliphatic carbocycles. The minimum Gasteiger partial charge on any atom is -0.323 e. The van der Waals surface area contributed by atoms with Crippen LogP contribution in [0.2, 0.25) is 10.0 Å². The van der Waals surface area contributed by atoms with Crippen molar-refractivity contribution in [1.82, 2.24) is 4.98 Å². The number of hydrazine groups is 1. The number of carbonyl (C=O) groups excluding carboxylic acids is 1. The Kier molecular flexibility index (Phi) is 4.21. The first-order chi connectivity index (χ1) is 9.10. The van der Waals surface area contributed by atoms with Gasteiger partial charge in [-0.3, -0.25) is 10.6 Å². The molecule has 0 radical (unpaired) electrons. The minimum atomic E-state index is -0.370. The van der Waals surface area contributed by atoms with E-state index in [4.69, 9.17) is 29.0 Å². The summed E-state index contributed by atoms with van der Waals surface area (Å²) < 4.78 is 0. The monoisotopic (exact) mass is 296 g/mol. The Hall–Kier alpha value is -1.82. The number of pyridine rings is 1. The van der Waals surface area contributed by atoms with Gasteiger partial charge in [-0.25, -0.2) is 4.98 Å². The van der Waals surface area contributed by atoms with E-state index in [9.17, 15) is 4.79 Å². The lowest BCUT2D eigenvalue weighted by molar-refractivity contribution is 0.102. The van der Waals surface area contributed by atoms with Crippen LogP contribution in [0.3, 0.4) is 0 Å². The molecule has 1 amide bonds. The molecule has 0 saturated carbocycles. The topological polar surface area (TPSA) is 80.0 Å². The highest BCUT2D eigenvalue weighted by Gasteiger charge is 2.12. The second-order valence-corrected chi connectivity index (χ2v) is 4.52. The SMILES string of the molecule is NNc1ccc(Cl)cc1C(=O)Nc1ccc(Cl)cn1. The maximum atomic E-state index is 12.1. The Bertz CT molecular complexity index is 601. The molecule has 19 heavy (non-hydrogen) atoms. The highest BCUT2D eigenvalue weighted by molar-refractivity contribution is 6.31. The standard InChI is InChI=1S/C12H10Cl2N4O/c13-7-1-3-10(18-15)9(5-7)12(19)17-11-4-2-8(14)6-16-11/h1-6,18H,15H2,(H,16,17,19). The average molecular weight is 297 g/mol. The fourth-order valence-corrected chi connectivity index (χ4v) is 1.75. The molecule has 0 saturated heterocycles. The number of aromatic nitrogens is 1. The summed E-state index contributed by atoms with van der Waals surface area (Å²) in [5.74, 6) is 5.36. The Balaban J connectivity index is 2.24. The first-order valence-electron chi connectivity index (χ1n) is 5.29. The molecule has 5 nitrogen and oxygen atoms in total. The molecule has 0 fully saturated rings. The molecule has 7 heteroatoms. The molecule has 2 aromatic rings. The summed E-state index contributed by atoms with van der Waals surface area (Å²) in [6.45, 7) is 0. The van der Waals surface area contributed by atoms with E-state index in [1.165, 1.54) is 12.3 Å². The zero-order valence-corrected chi connectivity index (χ0v) is 11.2. The number of hydrogen-bond donors (Lipinski definition) is 3. The number of benzene rings is 1. The lowest BCUT2D eigenvalue weighted by Gasteiger charge is -2.09. The number of nitrogen functional groups attached to an aromatic ring is 1. The average Bonchev–Trinajstić information content (AvgIpc) is 2.41. The second-order valence-electron chi connectivity index (χ2n) is 3.65. The summed E-state index contributed by atoms with van der Waals surface area (Å²) in [4.78, 5) is 16.1. The second kappa shape index (κ2) is 5.88. The van der Waals surface area contributed by atoms with Crippen LogP contribution in [0.15, 0.2) is 36.5 Å². The summed E-state index contributed by atoms with van der Waals surface area (Å²) in [5, 5.41) is 3.55. The number of nitrogens with one attached hydrogen (secondary N) is 2. The highest BCUT2D eigenvalue weighted by Crippen LogP contribution is 2.21. The summed E-state index contributed by atoms with van der Waals surface area (Å²) in [6, 6.07) is 7.99. The third-order valence-corrected chi connectivity index (χ3v) is 2.81. The number of halogens is 2. The van der Waals surface area contributed by atoms with Crippen LogP contribution in [0.1, 0.15) is 10.4 Å². The van der Waals surface area contributed by atoms with Crippen LogP contribution < -0.4 is 16.6 Å². The van der Waals surface area contributed by atoms with Gasteiger partial charge in [-0.05, 0) is 30.3 Å². The van der Waals surface area contributed by atoms with Crippen LogP contribution >= 0.6 is 23.2 Å². The predicted octanol–water partition coefficient (Wildman–Crippen LogP) is 2.93. The smallest absolute Gasteiger partial charge is 0.259 e. The van der Waals surface area contributed by atoms with E-state index in [0.29, 0.717) is 27.1 Å². The summed E-state index contributed by atoms with van der Waals surface area (Å²) in [7, 11) is 0. The van der Waals surface area contributed by atoms with Gasteiger partial charge in [0.25, 0.3) is 5.91 Å². The molecule has 0 aliphatic rings. The number of nitrogens with zero attached hydrogens (tertiary/aromatic N) is 1. The number of hydrogen-bond acceptors (Lipinski definition) is 4. The van der Waals surface area contributed by atoms with Gasteiger partial charge in [0.05, 0.1) is 16.3 Å². The molecule has 0 spiro atoms. The molecule has 1 heterocycles. The molecule has 2 rings (SSSR count). The zero-order chi connectivity index (χ0) is 13.8. The van der Waals surface area contributed by atoms with Crippen molar-refractivity contribution in [3.63, 3.8) is 0 Å². The van der Waals surface area contributed by atoms with Gasteiger partial charge >= 0.3 is 0 Å². The van der Waals surface area contributed by atoms with Gasteiger partial charge in [0.2, 0.25) is 0 Å². The van der Waals surface area contributed by atoms with E-state index in [0.717, 1.165) is 0 Å². The maximum absolute atomic E-state index is 12.1. The highest BCUT2D eigenvalue weighted by atomic mass is 35.5. The minimum absolute atomic E-state index is 0.326. The van der Waals surface area contributed by atoms with Crippen molar-refractivity contribution in [3.8, 4) is 0 Å². The molecule has 4 N–H and O–H groups in total. The van der Waals surface area contributed by atoms with Crippen molar-refractivity contribution in [1.29, 1.82) is 0 Å². The van der Waals surface area contributed by atoms with E-state index in [1.54, 1.807) is 24.3 Å². The molecular formula is C12H10Cl2N4O. The third kappa shape index (κ3) is 3.35. The number of amides is 1. The molecule has 1 aromatic heterocycles. The van der Waals surface area contributed by atoms with E-state index < -0.39 is 0 Å². The first-order valence-corrected chi connectivity index (χ1v) is 6.05. The quantitative estimate of drug-likeness (QED) is 0.601. The van der Waals surface area contributed by atoms with Crippen LogP contribution in [-0.2, 0) is 0 Å². The van der Waals surface area contributed by atoms with Crippen LogP contribution in [0.4, 0.5) is 11.5 Å². The van der Waals surface area contributed by atoms with Gasteiger partial charge in [-0.1, -0.05) is 23.2 Å². The number of carbonyl (C=O) groups is 1. The lowest BCUT2D eigenvalue weighted by Crippen LogP contribution is -2.17.